The molecule has 0 radical (unpaired) electrons. The van der Waals surface area contributed by atoms with Crippen molar-refractivity contribution in [3.8, 4) is 23.0 Å². The first-order valence-corrected chi connectivity index (χ1v) is 12.3. The second-order valence-corrected chi connectivity index (χ2v) is 10.1. The van der Waals surface area contributed by atoms with Crippen LogP contribution in [0.4, 0.5) is 0 Å². The van der Waals surface area contributed by atoms with Crippen molar-refractivity contribution in [3.63, 3.8) is 0 Å². The summed E-state index contributed by atoms with van der Waals surface area (Å²) in [7, 11) is 0. The minimum atomic E-state index is 0.872. The van der Waals surface area contributed by atoms with Crippen molar-refractivity contribution in [1.29, 1.82) is 0 Å². The summed E-state index contributed by atoms with van der Waals surface area (Å²) in [4.78, 5) is 0. The third-order valence-electron chi connectivity index (χ3n) is 6.28. The number of hydrogen-bond donors (Lipinski definition) is 0. The molecule has 0 saturated carbocycles. The molecule has 0 fully saturated rings. The average Bonchev–Trinajstić information content (AvgIpc) is 2.72. The van der Waals surface area contributed by atoms with Crippen molar-refractivity contribution >= 4 is 0 Å². The maximum absolute atomic E-state index is 6.32. The fraction of sp³-hybridized carbons (Fsp3) is 0.273. The molecule has 2 heteroatoms. The largest absolute Gasteiger partial charge is 0.457 e. The Bertz CT molecular complexity index is 1200. The van der Waals surface area contributed by atoms with E-state index in [4.69, 9.17) is 9.47 Å². The van der Waals surface area contributed by atoms with Crippen LogP contribution in [0.2, 0.25) is 0 Å². The molecule has 4 aromatic carbocycles. The number of benzene rings is 4. The van der Waals surface area contributed by atoms with Gasteiger partial charge in [-0.1, -0.05) is 36.4 Å². The van der Waals surface area contributed by atoms with E-state index in [2.05, 4.69) is 116 Å². The van der Waals surface area contributed by atoms with Crippen molar-refractivity contribution in [1.82, 2.24) is 0 Å². The zero-order valence-electron chi connectivity index (χ0n) is 22.3. The van der Waals surface area contributed by atoms with Gasteiger partial charge in [0.1, 0.15) is 23.0 Å². The average molecular weight is 465 g/mol. The van der Waals surface area contributed by atoms with Crippen molar-refractivity contribution in [2.24, 2.45) is 0 Å². The summed E-state index contributed by atoms with van der Waals surface area (Å²) in [6, 6.07) is 21.7. The van der Waals surface area contributed by atoms with Crippen LogP contribution in [0, 0.1) is 55.4 Å². The summed E-state index contributed by atoms with van der Waals surface area (Å²) in [5, 5.41) is 0. The molecule has 4 rings (SSSR count). The van der Waals surface area contributed by atoms with Crippen LogP contribution >= 0.6 is 0 Å². The molecule has 0 amide bonds. The van der Waals surface area contributed by atoms with Crippen LogP contribution in [0.1, 0.15) is 55.6 Å². The quantitative estimate of drug-likeness (QED) is 0.283. The zero-order valence-corrected chi connectivity index (χ0v) is 22.3. The Morgan fingerprint density at radius 2 is 0.686 bits per heavy atom. The van der Waals surface area contributed by atoms with Crippen molar-refractivity contribution in [2.75, 3.05) is 0 Å². The fourth-order valence-corrected chi connectivity index (χ4v) is 5.06. The van der Waals surface area contributed by atoms with Crippen molar-refractivity contribution < 1.29 is 9.47 Å². The van der Waals surface area contributed by atoms with Gasteiger partial charge in [0.2, 0.25) is 0 Å². The Balaban J connectivity index is 1.56. The van der Waals surface area contributed by atoms with Gasteiger partial charge in [0, 0.05) is 0 Å². The van der Waals surface area contributed by atoms with Gasteiger partial charge in [0.15, 0.2) is 0 Å². The van der Waals surface area contributed by atoms with Gasteiger partial charge < -0.3 is 9.47 Å². The first-order valence-electron chi connectivity index (χ1n) is 12.3. The topological polar surface area (TPSA) is 18.5 Å². The number of ether oxygens (including phenoxy) is 2. The Kier molecular flexibility index (Phi) is 7.03. The minimum absolute atomic E-state index is 0.872. The fourth-order valence-electron chi connectivity index (χ4n) is 5.06. The predicted molar refractivity (Wildman–Crippen MR) is 147 cm³/mol. The Hall–Kier alpha value is -3.52. The van der Waals surface area contributed by atoms with Crippen molar-refractivity contribution in [2.45, 2.75) is 61.8 Å². The van der Waals surface area contributed by atoms with E-state index in [1.165, 1.54) is 33.4 Å². The van der Waals surface area contributed by atoms with Gasteiger partial charge in [0.25, 0.3) is 0 Å². The number of aryl methyl sites for hydroxylation is 8. The number of rotatable bonds is 6. The zero-order chi connectivity index (χ0) is 25.3. The first-order chi connectivity index (χ1) is 16.6. The summed E-state index contributed by atoms with van der Waals surface area (Å²) >= 11 is 0. The molecule has 0 heterocycles. The van der Waals surface area contributed by atoms with E-state index >= 15 is 0 Å². The van der Waals surface area contributed by atoms with Crippen LogP contribution in [0.5, 0.6) is 23.0 Å². The number of hydrogen-bond acceptors (Lipinski definition) is 2. The molecule has 0 atom stereocenters. The molecule has 0 saturated heterocycles. The highest BCUT2D eigenvalue weighted by Crippen LogP contribution is 2.34. The summed E-state index contributed by atoms with van der Waals surface area (Å²) in [6.45, 7) is 16.9. The normalized spacial score (nSPS) is 11.0. The maximum Gasteiger partial charge on any atom is 0.133 e. The predicted octanol–water partition coefficient (Wildman–Crippen LogP) is 9.33. The molecule has 4 aromatic rings. The molecule has 0 unspecified atom stereocenters. The molecular weight excluding hydrogens is 428 g/mol. The van der Waals surface area contributed by atoms with E-state index in [1.807, 2.05) is 0 Å². The lowest BCUT2D eigenvalue weighted by atomic mass is 9.97. The van der Waals surface area contributed by atoms with Gasteiger partial charge in [-0.2, -0.15) is 0 Å². The van der Waals surface area contributed by atoms with Gasteiger partial charge in [-0.25, -0.2) is 0 Å². The highest BCUT2D eigenvalue weighted by atomic mass is 16.5. The second kappa shape index (κ2) is 10.00. The highest BCUT2D eigenvalue weighted by Gasteiger charge is 2.12. The molecule has 180 valence electrons. The van der Waals surface area contributed by atoms with E-state index in [-0.39, 0.29) is 0 Å². The van der Waals surface area contributed by atoms with Crippen LogP contribution < -0.4 is 9.47 Å². The van der Waals surface area contributed by atoms with E-state index in [1.54, 1.807) is 0 Å². The molecule has 0 aromatic heterocycles. The van der Waals surface area contributed by atoms with Gasteiger partial charge in [-0.3, -0.25) is 0 Å². The van der Waals surface area contributed by atoms with Crippen LogP contribution in [-0.2, 0) is 6.42 Å². The van der Waals surface area contributed by atoms with E-state index in [0.717, 1.165) is 51.7 Å². The van der Waals surface area contributed by atoms with E-state index in [0.29, 0.717) is 0 Å². The van der Waals surface area contributed by atoms with Gasteiger partial charge in [-0.05, 0) is 142 Å². The van der Waals surface area contributed by atoms with Crippen LogP contribution in [0.25, 0.3) is 0 Å². The van der Waals surface area contributed by atoms with E-state index < -0.39 is 0 Å². The lowest BCUT2D eigenvalue weighted by Gasteiger charge is -2.17. The maximum atomic E-state index is 6.32. The standard InChI is InChI=1S/C33H36O2/c1-20-9-21(2)12-30(11-20)34-32-24(5)15-28(16-25(32)6)19-29-17-26(7)33(27(8)18-29)35-31-13-22(3)10-23(4)14-31/h9-18H,19H2,1-8H3. The van der Waals surface area contributed by atoms with Gasteiger partial charge in [-0.15, -0.1) is 0 Å². The molecule has 0 bridgehead atoms. The lowest BCUT2D eigenvalue weighted by molar-refractivity contribution is 0.474. The summed E-state index contributed by atoms with van der Waals surface area (Å²) < 4.78 is 12.6. The summed E-state index contributed by atoms with van der Waals surface area (Å²) in [6.07, 6.45) is 0.872. The molecule has 0 aliphatic heterocycles. The second-order valence-electron chi connectivity index (χ2n) is 10.1. The minimum Gasteiger partial charge on any atom is -0.457 e. The highest BCUT2D eigenvalue weighted by molar-refractivity contribution is 5.50. The van der Waals surface area contributed by atoms with Crippen LogP contribution in [-0.4, -0.2) is 0 Å². The molecular formula is C33H36O2. The lowest BCUT2D eigenvalue weighted by Crippen LogP contribution is -1.98. The molecule has 0 aliphatic carbocycles. The Labute approximate surface area is 210 Å². The summed E-state index contributed by atoms with van der Waals surface area (Å²) in [5.74, 6) is 3.69. The molecule has 2 nitrogen and oxygen atoms in total. The van der Waals surface area contributed by atoms with E-state index in [9.17, 15) is 0 Å². The SMILES string of the molecule is Cc1cc(C)cc(Oc2c(C)cc(Cc3cc(C)c(Oc4cc(C)cc(C)c4)c(C)c3)cc2C)c1. The van der Waals surface area contributed by atoms with Crippen LogP contribution in [0.3, 0.4) is 0 Å². The van der Waals surface area contributed by atoms with Crippen molar-refractivity contribution in [3.05, 3.63) is 116 Å². The van der Waals surface area contributed by atoms with Gasteiger partial charge >= 0.3 is 0 Å². The third kappa shape index (κ3) is 5.95. The Morgan fingerprint density at radius 1 is 0.400 bits per heavy atom. The summed E-state index contributed by atoms with van der Waals surface area (Å²) in [5.41, 5.74) is 12.0. The molecule has 0 aliphatic rings. The molecule has 35 heavy (non-hydrogen) atoms. The molecule has 0 spiro atoms. The third-order valence-corrected chi connectivity index (χ3v) is 6.28. The molecule has 0 N–H and O–H groups in total. The van der Waals surface area contributed by atoms with Crippen LogP contribution in [0.15, 0.2) is 60.7 Å². The first kappa shape index (κ1) is 24.6. The Morgan fingerprint density at radius 3 is 0.971 bits per heavy atom. The van der Waals surface area contributed by atoms with Gasteiger partial charge in [0.05, 0.1) is 0 Å². The smallest absolute Gasteiger partial charge is 0.133 e. The monoisotopic (exact) mass is 464 g/mol.